The summed E-state index contributed by atoms with van der Waals surface area (Å²) in [7, 11) is -3.71. The van der Waals surface area contributed by atoms with Crippen molar-refractivity contribution in [3.8, 4) is 0 Å². The van der Waals surface area contributed by atoms with Crippen LogP contribution in [-0.4, -0.2) is 14.3 Å². The SMILES string of the molecule is O=C(Nc1ccc(Br)cc1F)C(Sc1ccc(NS(=O)(=O)c2ccccc2)cc1)c1ccccc1. The van der Waals surface area contributed by atoms with Crippen LogP contribution in [0.2, 0.25) is 0 Å². The van der Waals surface area contributed by atoms with Crippen LogP contribution in [0.15, 0.2) is 117 Å². The molecule has 0 fully saturated rings. The number of halogens is 2. The molecule has 4 aromatic carbocycles. The van der Waals surface area contributed by atoms with Gasteiger partial charge in [-0.3, -0.25) is 9.52 Å². The Labute approximate surface area is 216 Å². The van der Waals surface area contributed by atoms with E-state index in [0.717, 1.165) is 10.5 Å². The second-order valence-electron chi connectivity index (χ2n) is 7.46. The van der Waals surface area contributed by atoms with Crippen molar-refractivity contribution in [2.24, 2.45) is 0 Å². The maximum Gasteiger partial charge on any atom is 0.261 e. The molecule has 178 valence electrons. The predicted octanol–water partition coefficient (Wildman–Crippen LogP) is 6.86. The van der Waals surface area contributed by atoms with Crippen LogP contribution in [0.4, 0.5) is 15.8 Å². The number of thioether (sulfide) groups is 1. The van der Waals surface area contributed by atoms with E-state index >= 15 is 0 Å². The summed E-state index contributed by atoms with van der Waals surface area (Å²) in [6.07, 6.45) is 0. The summed E-state index contributed by atoms with van der Waals surface area (Å²) in [4.78, 5) is 14.1. The van der Waals surface area contributed by atoms with E-state index in [-0.39, 0.29) is 16.5 Å². The highest BCUT2D eigenvalue weighted by molar-refractivity contribution is 9.10. The second-order valence-corrected chi connectivity index (χ2v) is 11.2. The summed E-state index contributed by atoms with van der Waals surface area (Å²) in [5, 5.41) is 2.01. The van der Waals surface area contributed by atoms with Gasteiger partial charge in [0.15, 0.2) is 0 Å². The van der Waals surface area contributed by atoms with E-state index in [9.17, 15) is 17.6 Å². The molecular formula is C26H20BrFN2O3S2. The maximum absolute atomic E-state index is 14.3. The van der Waals surface area contributed by atoms with Crippen molar-refractivity contribution >= 4 is 55.0 Å². The van der Waals surface area contributed by atoms with Gasteiger partial charge in [-0.1, -0.05) is 64.5 Å². The molecule has 0 heterocycles. The highest BCUT2D eigenvalue weighted by atomic mass is 79.9. The van der Waals surface area contributed by atoms with Gasteiger partial charge in [0.25, 0.3) is 10.0 Å². The Balaban J connectivity index is 1.53. The fraction of sp³-hybridized carbons (Fsp3) is 0.0385. The molecule has 4 rings (SSSR count). The van der Waals surface area contributed by atoms with Crippen LogP contribution in [0.25, 0.3) is 0 Å². The number of nitrogens with one attached hydrogen (secondary N) is 2. The Kier molecular flexibility index (Phi) is 7.90. The number of hydrogen-bond donors (Lipinski definition) is 2. The Morgan fingerprint density at radius 1 is 0.857 bits per heavy atom. The van der Waals surface area contributed by atoms with Crippen molar-refractivity contribution in [1.82, 2.24) is 0 Å². The van der Waals surface area contributed by atoms with Crippen LogP contribution >= 0.6 is 27.7 Å². The van der Waals surface area contributed by atoms with Crippen molar-refractivity contribution in [1.29, 1.82) is 0 Å². The van der Waals surface area contributed by atoms with Crippen molar-refractivity contribution < 1.29 is 17.6 Å². The molecule has 0 aliphatic heterocycles. The molecule has 0 saturated carbocycles. The van der Waals surface area contributed by atoms with Crippen molar-refractivity contribution in [3.63, 3.8) is 0 Å². The highest BCUT2D eigenvalue weighted by Gasteiger charge is 2.23. The van der Waals surface area contributed by atoms with E-state index in [0.29, 0.717) is 10.2 Å². The fourth-order valence-electron chi connectivity index (χ4n) is 3.24. The molecule has 0 radical (unpaired) electrons. The second kappa shape index (κ2) is 11.1. The zero-order valence-electron chi connectivity index (χ0n) is 18.2. The van der Waals surface area contributed by atoms with Crippen LogP contribution in [0.5, 0.6) is 0 Å². The average molecular weight is 571 g/mol. The number of carbonyl (C=O) groups is 1. The third-order valence-electron chi connectivity index (χ3n) is 4.94. The lowest BCUT2D eigenvalue weighted by Crippen LogP contribution is -2.19. The fourth-order valence-corrected chi connectivity index (χ4v) is 5.68. The van der Waals surface area contributed by atoms with Gasteiger partial charge in [-0.2, -0.15) is 0 Å². The smallest absolute Gasteiger partial charge is 0.261 e. The normalized spacial score (nSPS) is 12.1. The van der Waals surface area contributed by atoms with E-state index in [1.807, 2.05) is 30.3 Å². The Bertz CT molecular complexity index is 1420. The Morgan fingerprint density at radius 2 is 1.49 bits per heavy atom. The molecule has 4 aromatic rings. The standard InChI is InChI=1S/C26H20BrFN2O3S2/c27-19-11-16-24(23(28)17-19)29-26(31)25(18-7-3-1-4-8-18)34-21-14-12-20(13-15-21)30-35(32,33)22-9-5-2-6-10-22/h1-17,25,30H,(H,29,31). The largest absolute Gasteiger partial charge is 0.322 e. The topological polar surface area (TPSA) is 75.3 Å². The lowest BCUT2D eigenvalue weighted by atomic mass is 10.1. The summed E-state index contributed by atoms with van der Waals surface area (Å²) >= 11 is 4.49. The first kappa shape index (κ1) is 25.0. The molecule has 0 aliphatic rings. The number of hydrogen-bond acceptors (Lipinski definition) is 4. The van der Waals surface area contributed by atoms with E-state index in [1.54, 1.807) is 48.5 Å². The van der Waals surface area contributed by atoms with Crippen LogP contribution < -0.4 is 10.0 Å². The van der Waals surface area contributed by atoms with E-state index in [2.05, 4.69) is 26.0 Å². The molecule has 1 amide bonds. The molecule has 35 heavy (non-hydrogen) atoms. The first-order valence-electron chi connectivity index (χ1n) is 10.5. The zero-order valence-corrected chi connectivity index (χ0v) is 21.4. The minimum atomic E-state index is -3.71. The summed E-state index contributed by atoms with van der Waals surface area (Å²) in [5.74, 6) is -0.920. The van der Waals surface area contributed by atoms with E-state index in [1.165, 1.54) is 36.0 Å². The van der Waals surface area contributed by atoms with Crippen molar-refractivity contribution in [2.75, 3.05) is 10.0 Å². The Hall–Kier alpha value is -3.14. The van der Waals surface area contributed by atoms with E-state index < -0.39 is 21.1 Å². The molecule has 0 spiro atoms. The Morgan fingerprint density at radius 3 is 2.11 bits per heavy atom. The number of amides is 1. The van der Waals surface area contributed by atoms with Gasteiger partial charge in [0.05, 0.1) is 10.6 Å². The van der Waals surface area contributed by atoms with Crippen molar-refractivity contribution in [2.45, 2.75) is 15.0 Å². The van der Waals surface area contributed by atoms with E-state index in [4.69, 9.17) is 0 Å². The number of benzene rings is 4. The number of rotatable bonds is 8. The molecule has 9 heteroatoms. The summed E-state index contributed by atoms with van der Waals surface area (Å²) < 4.78 is 42.5. The minimum Gasteiger partial charge on any atom is -0.322 e. The van der Waals surface area contributed by atoms with Crippen molar-refractivity contribution in [3.05, 3.63) is 119 Å². The quantitative estimate of drug-likeness (QED) is 0.227. The minimum absolute atomic E-state index is 0.0883. The monoisotopic (exact) mass is 570 g/mol. The molecule has 0 saturated heterocycles. The van der Waals surface area contributed by atoms with Gasteiger partial charge >= 0.3 is 0 Å². The molecule has 1 unspecified atom stereocenters. The van der Waals surface area contributed by atoms with Crippen LogP contribution in [0.3, 0.4) is 0 Å². The predicted molar refractivity (Wildman–Crippen MR) is 141 cm³/mol. The average Bonchev–Trinajstić information content (AvgIpc) is 2.86. The van der Waals surface area contributed by atoms with Gasteiger partial charge in [0.1, 0.15) is 11.1 Å². The maximum atomic E-state index is 14.3. The summed E-state index contributed by atoms with van der Waals surface area (Å²) in [6.45, 7) is 0. The lowest BCUT2D eigenvalue weighted by Gasteiger charge is -2.18. The third kappa shape index (κ3) is 6.50. The molecule has 0 aromatic heterocycles. The molecule has 1 atom stereocenters. The van der Waals surface area contributed by atoms with Gasteiger partial charge in [-0.05, 0) is 60.2 Å². The zero-order chi connectivity index (χ0) is 24.8. The number of anilines is 2. The van der Waals surface area contributed by atoms with Gasteiger partial charge in [0, 0.05) is 15.1 Å². The first-order chi connectivity index (χ1) is 16.8. The molecule has 5 nitrogen and oxygen atoms in total. The van der Waals surface area contributed by atoms with Gasteiger partial charge in [-0.15, -0.1) is 11.8 Å². The van der Waals surface area contributed by atoms with Crippen LogP contribution in [0, 0.1) is 5.82 Å². The molecular weight excluding hydrogens is 551 g/mol. The van der Waals surface area contributed by atoms with Crippen LogP contribution in [0.1, 0.15) is 10.8 Å². The molecule has 0 aliphatic carbocycles. The lowest BCUT2D eigenvalue weighted by molar-refractivity contribution is -0.115. The van der Waals surface area contributed by atoms with Crippen LogP contribution in [-0.2, 0) is 14.8 Å². The highest BCUT2D eigenvalue weighted by Crippen LogP contribution is 2.37. The summed E-state index contributed by atoms with van der Waals surface area (Å²) in [6, 6.07) is 28.4. The number of carbonyl (C=O) groups excluding carboxylic acids is 1. The first-order valence-corrected chi connectivity index (χ1v) is 13.6. The molecule has 2 N–H and O–H groups in total. The molecule has 0 bridgehead atoms. The third-order valence-corrected chi connectivity index (χ3v) is 8.10. The van der Waals surface area contributed by atoms with Gasteiger partial charge in [0.2, 0.25) is 5.91 Å². The summed E-state index contributed by atoms with van der Waals surface area (Å²) in [5.41, 5.74) is 1.24. The van der Waals surface area contributed by atoms with Gasteiger partial charge in [-0.25, -0.2) is 12.8 Å². The number of sulfonamides is 1. The van der Waals surface area contributed by atoms with Gasteiger partial charge < -0.3 is 5.32 Å².